The first kappa shape index (κ1) is 10.7. The summed E-state index contributed by atoms with van der Waals surface area (Å²) < 4.78 is 4.51. The van der Waals surface area contributed by atoms with Gasteiger partial charge in [0, 0.05) is 12.1 Å². The molecule has 0 bridgehead atoms. The van der Waals surface area contributed by atoms with Crippen LogP contribution in [0.15, 0.2) is 18.3 Å². The Bertz CT molecular complexity index is 457. The summed E-state index contributed by atoms with van der Waals surface area (Å²) in [5.41, 5.74) is 5.44. The second kappa shape index (κ2) is 4.77. The molecule has 0 unspecified atom stereocenters. The maximum absolute atomic E-state index is 11.1. The second-order valence-electron chi connectivity index (χ2n) is 2.54. The Morgan fingerprint density at radius 1 is 1.53 bits per heavy atom. The molecular weight excluding hydrogens is 196 g/mol. The fourth-order valence-electron chi connectivity index (χ4n) is 0.869. The predicted molar refractivity (Wildman–Crippen MR) is 51.6 cm³/mol. The van der Waals surface area contributed by atoms with Gasteiger partial charge in [-0.05, 0) is 18.1 Å². The molecule has 0 radical (unpaired) electrons. The molecule has 1 aromatic rings. The summed E-state index contributed by atoms with van der Waals surface area (Å²) in [7, 11) is 1.28. The van der Waals surface area contributed by atoms with Gasteiger partial charge in [-0.25, -0.2) is 9.78 Å². The van der Waals surface area contributed by atoms with E-state index in [1.165, 1.54) is 25.4 Å². The summed E-state index contributed by atoms with van der Waals surface area (Å²) in [6.07, 6.45) is 1.40. The van der Waals surface area contributed by atoms with Gasteiger partial charge in [-0.2, -0.15) is 0 Å². The zero-order valence-electron chi connectivity index (χ0n) is 7.98. The molecule has 2 N–H and O–H groups in total. The highest BCUT2D eigenvalue weighted by Gasteiger charge is 2.04. The Balaban J connectivity index is 2.99. The van der Waals surface area contributed by atoms with Crippen LogP contribution in [-0.4, -0.2) is 24.0 Å². The quantitative estimate of drug-likeness (QED) is 0.503. The van der Waals surface area contributed by atoms with E-state index >= 15 is 0 Å². The number of methoxy groups -OCH3 is 1. The van der Waals surface area contributed by atoms with E-state index in [2.05, 4.69) is 21.6 Å². The number of hydrogen-bond donors (Lipinski definition) is 1. The van der Waals surface area contributed by atoms with Crippen LogP contribution in [0, 0.1) is 11.8 Å². The van der Waals surface area contributed by atoms with Gasteiger partial charge in [-0.1, -0.05) is 0 Å². The van der Waals surface area contributed by atoms with Crippen molar-refractivity contribution in [2.24, 2.45) is 5.73 Å². The average molecular weight is 204 g/mol. The van der Waals surface area contributed by atoms with Crippen molar-refractivity contribution in [1.82, 2.24) is 4.98 Å². The highest BCUT2D eigenvalue weighted by atomic mass is 16.5. The van der Waals surface area contributed by atoms with Crippen LogP contribution in [0.5, 0.6) is 0 Å². The van der Waals surface area contributed by atoms with E-state index in [9.17, 15) is 9.59 Å². The third-order valence-corrected chi connectivity index (χ3v) is 1.49. The molecule has 0 saturated heterocycles. The number of aromatic nitrogens is 1. The van der Waals surface area contributed by atoms with Gasteiger partial charge >= 0.3 is 5.97 Å². The Labute approximate surface area is 86.3 Å². The van der Waals surface area contributed by atoms with Crippen LogP contribution in [0.4, 0.5) is 0 Å². The summed E-state index contributed by atoms with van der Waals surface area (Å²) in [6, 6.07) is 2.91. The van der Waals surface area contributed by atoms with Crippen molar-refractivity contribution >= 4 is 11.9 Å². The van der Waals surface area contributed by atoms with E-state index in [1.54, 1.807) is 0 Å². The number of pyridine rings is 1. The largest absolute Gasteiger partial charge is 0.465 e. The van der Waals surface area contributed by atoms with Crippen molar-refractivity contribution in [2.75, 3.05) is 7.11 Å². The number of carbonyl (C=O) groups excluding carboxylic acids is 2. The Hall–Kier alpha value is -2.35. The number of amides is 1. The van der Waals surface area contributed by atoms with Crippen LogP contribution in [0.25, 0.3) is 0 Å². The standard InChI is InChI=1S/C10H8N2O3/c1-15-10(14)7-4-5-12-8(6-7)2-3-9(11)13/h4-6H,1H3,(H2,11,13). The van der Waals surface area contributed by atoms with E-state index in [0.717, 1.165) is 0 Å². The molecule has 0 aliphatic carbocycles. The van der Waals surface area contributed by atoms with Crippen LogP contribution in [0.2, 0.25) is 0 Å². The first-order valence-electron chi connectivity index (χ1n) is 3.99. The SMILES string of the molecule is COC(=O)c1ccnc(C#CC(N)=O)c1. The normalized spacial score (nSPS) is 8.60. The molecule has 0 fully saturated rings. The minimum absolute atomic E-state index is 0.289. The molecule has 0 spiro atoms. The molecule has 1 heterocycles. The van der Waals surface area contributed by atoms with E-state index < -0.39 is 11.9 Å². The van der Waals surface area contributed by atoms with Gasteiger partial charge in [0.15, 0.2) is 0 Å². The summed E-state index contributed by atoms with van der Waals surface area (Å²) in [5, 5.41) is 0. The highest BCUT2D eigenvalue weighted by Crippen LogP contribution is 2.02. The van der Waals surface area contributed by atoms with Gasteiger partial charge in [-0.15, -0.1) is 0 Å². The molecule has 1 amide bonds. The molecule has 0 atom stereocenters. The number of carbonyl (C=O) groups is 2. The van der Waals surface area contributed by atoms with Gasteiger partial charge in [-0.3, -0.25) is 4.79 Å². The lowest BCUT2D eigenvalue weighted by Crippen LogP contribution is -2.06. The number of primary amides is 1. The monoisotopic (exact) mass is 204 g/mol. The summed E-state index contributed by atoms with van der Waals surface area (Å²) in [5.74, 6) is 3.30. The Morgan fingerprint density at radius 3 is 2.87 bits per heavy atom. The van der Waals surface area contributed by atoms with Gasteiger partial charge in [0.05, 0.1) is 12.7 Å². The fraction of sp³-hybridized carbons (Fsp3) is 0.100. The minimum atomic E-state index is -0.750. The van der Waals surface area contributed by atoms with Crippen LogP contribution < -0.4 is 5.73 Å². The summed E-state index contributed by atoms with van der Waals surface area (Å²) in [6.45, 7) is 0. The molecule has 0 aliphatic rings. The summed E-state index contributed by atoms with van der Waals surface area (Å²) >= 11 is 0. The zero-order chi connectivity index (χ0) is 11.3. The molecule has 76 valence electrons. The van der Waals surface area contributed by atoms with Gasteiger partial charge in [0.2, 0.25) is 0 Å². The number of nitrogens with two attached hydrogens (primary N) is 1. The molecule has 15 heavy (non-hydrogen) atoms. The lowest BCUT2D eigenvalue weighted by atomic mass is 10.2. The van der Waals surface area contributed by atoms with E-state index in [0.29, 0.717) is 5.56 Å². The zero-order valence-corrected chi connectivity index (χ0v) is 7.98. The van der Waals surface area contributed by atoms with Crippen molar-refractivity contribution in [3.05, 3.63) is 29.6 Å². The van der Waals surface area contributed by atoms with Gasteiger partial charge in [0.1, 0.15) is 5.69 Å². The molecular formula is C10H8N2O3. The molecule has 0 aliphatic heterocycles. The van der Waals surface area contributed by atoms with Gasteiger partial charge in [0.25, 0.3) is 5.91 Å². The maximum atomic E-state index is 11.1. The van der Waals surface area contributed by atoms with Crippen LogP contribution in [0.1, 0.15) is 16.1 Å². The first-order chi connectivity index (χ1) is 7.13. The Kier molecular flexibility index (Phi) is 3.41. The predicted octanol–water partition coefficient (Wildman–Crippen LogP) is -0.295. The van der Waals surface area contributed by atoms with Crippen LogP contribution in [-0.2, 0) is 9.53 Å². The first-order valence-corrected chi connectivity index (χ1v) is 3.99. The van der Waals surface area contributed by atoms with Crippen molar-refractivity contribution in [3.8, 4) is 11.8 Å². The van der Waals surface area contributed by atoms with Crippen molar-refractivity contribution in [3.63, 3.8) is 0 Å². The number of ether oxygens (including phenoxy) is 1. The van der Waals surface area contributed by atoms with Crippen LogP contribution >= 0.6 is 0 Å². The van der Waals surface area contributed by atoms with E-state index in [4.69, 9.17) is 5.73 Å². The minimum Gasteiger partial charge on any atom is -0.465 e. The number of nitrogens with zero attached hydrogens (tertiary/aromatic N) is 1. The van der Waals surface area contributed by atoms with Gasteiger partial charge < -0.3 is 10.5 Å². The van der Waals surface area contributed by atoms with E-state index in [-0.39, 0.29) is 5.69 Å². The molecule has 1 aromatic heterocycles. The highest BCUT2D eigenvalue weighted by molar-refractivity contribution is 5.93. The number of hydrogen-bond acceptors (Lipinski definition) is 4. The molecule has 0 aromatic carbocycles. The third-order valence-electron chi connectivity index (χ3n) is 1.49. The smallest absolute Gasteiger partial charge is 0.338 e. The molecule has 1 rings (SSSR count). The van der Waals surface area contributed by atoms with Crippen molar-refractivity contribution in [2.45, 2.75) is 0 Å². The van der Waals surface area contributed by atoms with Crippen LogP contribution in [0.3, 0.4) is 0 Å². The van der Waals surface area contributed by atoms with E-state index in [1.807, 2.05) is 0 Å². The average Bonchev–Trinajstić information content (AvgIpc) is 2.25. The molecule has 0 saturated carbocycles. The molecule has 5 heteroatoms. The lowest BCUT2D eigenvalue weighted by Gasteiger charge is -1.97. The summed E-state index contributed by atoms with van der Waals surface area (Å²) in [4.78, 5) is 25.3. The Morgan fingerprint density at radius 2 is 2.27 bits per heavy atom. The lowest BCUT2D eigenvalue weighted by molar-refractivity contribution is -0.112. The maximum Gasteiger partial charge on any atom is 0.338 e. The topological polar surface area (TPSA) is 82.3 Å². The fourth-order valence-corrected chi connectivity index (χ4v) is 0.869. The number of esters is 1. The number of rotatable bonds is 1. The third kappa shape index (κ3) is 3.12. The van der Waals surface area contributed by atoms with Crippen molar-refractivity contribution < 1.29 is 14.3 Å². The second-order valence-corrected chi connectivity index (χ2v) is 2.54. The molecule has 5 nitrogen and oxygen atoms in total. The van der Waals surface area contributed by atoms with Crippen molar-refractivity contribution in [1.29, 1.82) is 0 Å².